The van der Waals surface area contributed by atoms with Crippen molar-refractivity contribution in [3.8, 4) is 17.0 Å². The number of aromatic nitrogens is 2. The number of halogens is 1. The van der Waals surface area contributed by atoms with Crippen LogP contribution >= 0.6 is 15.9 Å². The SMILES string of the molecule is COc1c(C)c(C)c(Br)c(C)c1-c1ccnc(N)n1. The van der Waals surface area contributed by atoms with Gasteiger partial charge in [-0.05, 0) is 43.5 Å². The minimum absolute atomic E-state index is 0.258. The normalized spacial score (nSPS) is 10.6. The molecule has 0 amide bonds. The highest BCUT2D eigenvalue weighted by Gasteiger charge is 2.19. The Morgan fingerprint density at radius 3 is 2.42 bits per heavy atom. The summed E-state index contributed by atoms with van der Waals surface area (Å²) in [7, 11) is 1.67. The van der Waals surface area contributed by atoms with Crippen LogP contribution in [0, 0.1) is 20.8 Å². The summed E-state index contributed by atoms with van der Waals surface area (Å²) in [5.74, 6) is 1.09. The van der Waals surface area contributed by atoms with E-state index in [-0.39, 0.29) is 5.95 Å². The van der Waals surface area contributed by atoms with Crippen molar-refractivity contribution in [1.29, 1.82) is 0 Å². The Hall–Kier alpha value is -1.62. The molecule has 0 aliphatic heterocycles. The van der Waals surface area contributed by atoms with Crippen LogP contribution in [0.3, 0.4) is 0 Å². The van der Waals surface area contributed by atoms with Crippen molar-refractivity contribution in [1.82, 2.24) is 9.97 Å². The summed E-state index contributed by atoms with van der Waals surface area (Å²) < 4.78 is 6.63. The molecule has 4 nitrogen and oxygen atoms in total. The first-order valence-electron chi connectivity index (χ1n) is 5.89. The first-order chi connectivity index (χ1) is 8.97. The molecule has 100 valence electrons. The maximum atomic E-state index is 5.67. The highest BCUT2D eigenvalue weighted by atomic mass is 79.9. The number of nitrogens with two attached hydrogens (primary N) is 1. The first-order valence-corrected chi connectivity index (χ1v) is 6.68. The Bertz CT molecular complexity index is 641. The number of nitrogens with zero attached hydrogens (tertiary/aromatic N) is 2. The van der Waals surface area contributed by atoms with Crippen molar-refractivity contribution in [2.24, 2.45) is 0 Å². The van der Waals surface area contributed by atoms with Gasteiger partial charge in [0.05, 0.1) is 12.8 Å². The lowest BCUT2D eigenvalue weighted by molar-refractivity contribution is 0.412. The van der Waals surface area contributed by atoms with Crippen LogP contribution in [0.15, 0.2) is 16.7 Å². The van der Waals surface area contributed by atoms with Gasteiger partial charge in [0.2, 0.25) is 5.95 Å². The van der Waals surface area contributed by atoms with Gasteiger partial charge in [0, 0.05) is 16.2 Å². The molecule has 2 aromatic rings. The lowest BCUT2D eigenvalue weighted by atomic mass is 9.96. The number of ether oxygens (including phenoxy) is 1. The quantitative estimate of drug-likeness (QED) is 0.920. The third-order valence-electron chi connectivity index (χ3n) is 3.30. The second-order valence-corrected chi connectivity index (χ2v) is 5.19. The standard InChI is InChI=1S/C14H16BrN3O/c1-7-8(2)13(19-4)11(9(3)12(7)15)10-5-6-17-14(16)18-10/h5-6H,1-4H3,(H2,16,17,18). The highest BCUT2D eigenvalue weighted by Crippen LogP contribution is 2.41. The molecule has 0 unspecified atom stereocenters. The van der Waals surface area contributed by atoms with Crippen molar-refractivity contribution in [3.63, 3.8) is 0 Å². The summed E-state index contributed by atoms with van der Waals surface area (Å²) in [6.45, 7) is 6.13. The number of anilines is 1. The van der Waals surface area contributed by atoms with Crippen LogP contribution in [0.5, 0.6) is 5.75 Å². The average molecular weight is 322 g/mol. The maximum absolute atomic E-state index is 5.67. The Kier molecular flexibility index (Phi) is 3.75. The van der Waals surface area contributed by atoms with E-state index in [4.69, 9.17) is 10.5 Å². The van der Waals surface area contributed by atoms with Gasteiger partial charge in [-0.15, -0.1) is 0 Å². The van der Waals surface area contributed by atoms with Gasteiger partial charge in [-0.3, -0.25) is 0 Å². The number of methoxy groups -OCH3 is 1. The van der Waals surface area contributed by atoms with E-state index in [1.165, 1.54) is 5.56 Å². The van der Waals surface area contributed by atoms with Gasteiger partial charge < -0.3 is 10.5 Å². The molecule has 0 aliphatic carbocycles. The molecule has 0 aliphatic rings. The lowest BCUT2D eigenvalue weighted by Gasteiger charge is -2.18. The predicted octanol–water partition coefficient (Wildman–Crippen LogP) is 3.42. The van der Waals surface area contributed by atoms with Gasteiger partial charge in [-0.1, -0.05) is 15.9 Å². The van der Waals surface area contributed by atoms with E-state index in [1.807, 2.05) is 19.9 Å². The highest BCUT2D eigenvalue weighted by molar-refractivity contribution is 9.10. The molecule has 2 rings (SSSR count). The third kappa shape index (κ3) is 2.30. The van der Waals surface area contributed by atoms with E-state index in [2.05, 4.69) is 32.8 Å². The Balaban J connectivity index is 2.83. The largest absolute Gasteiger partial charge is 0.496 e. The number of rotatable bonds is 2. The number of nitrogen functional groups attached to an aromatic ring is 1. The lowest BCUT2D eigenvalue weighted by Crippen LogP contribution is -2.02. The smallest absolute Gasteiger partial charge is 0.220 e. The van der Waals surface area contributed by atoms with Gasteiger partial charge in [-0.2, -0.15) is 0 Å². The second-order valence-electron chi connectivity index (χ2n) is 4.40. The summed E-state index contributed by atoms with van der Waals surface area (Å²) >= 11 is 3.63. The number of benzene rings is 1. The summed E-state index contributed by atoms with van der Waals surface area (Å²) in [6, 6.07) is 1.84. The zero-order valence-corrected chi connectivity index (χ0v) is 13.0. The molecule has 0 radical (unpaired) electrons. The summed E-state index contributed by atoms with van der Waals surface area (Å²) in [5, 5.41) is 0. The van der Waals surface area contributed by atoms with Crippen LogP contribution in [0.2, 0.25) is 0 Å². The van der Waals surface area contributed by atoms with Crippen LogP contribution in [-0.4, -0.2) is 17.1 Å². The van der Waals surface area contributed by atoms with Gasteiger partial charge in [0.25, 0.3) is 0 Å². The molecule has 0 saturated carbocycles. The van der Waals surface area contributed by atoms with Crippen molar-refractivity contribution < 1.29 is 4.74 Å². The van der Waals surface area contributed by atoms with Gasteiger partial charge >= 0.3 is 0 Å². The fourth-order valence-corrected chi connectivity index (χ4v) is 2.66. The molecule has 0 fully saturated rings. The zero-order valence-electron chi connectivity index (χ0n) is 11.4. The van der Waals surface area contributed by atoms with Gasteiger partial charge in [0.1, 0.15) is 5.75 Å². The molecule has 0 spiro atoms. The maximum Gasteiger partial charge on any atom is 0.220 e. The molecule has 0 bridgehead atoms. The zero-order chi connectivity index (χ0) is 14.2. The third-order valence-corrected chi connectivity index (χ3v) is 4.49. The molecule has 1 aromatic carbocycles. The Morgan fingerprint density at radius 2 is 1.84 bits per heavy atom. The Labute approximate surface area is 121 Å². The van der Waals surface area contributed by atoms with E-state index in [9.17, 15) is 0 Å². The summed E-state index contributed by atoms with van der Waals surface area (Å²) in [4.78, 5) is 8.22. The molecule has 0 saturated heterocycles. The number of hydrogen-bond donors (Lipinski definition) is 1. The van der Waals surface area contributed by atoms with Crippen LogP contribution < -0.4 is 10.5 Å². The molecule has 2 N–H and O–H groups in total. The molecular formula is C14H16BrN3O. The monoisotopic (exact) mass is 321 g/mol. The van der Waals surface area contributed by atoms with E-state index in [0.717, 1.165) is 32.6 Å². The van der Waals surface area contributed by atoms with E-state index < -0.39 is 0 Å². The molecule has 0 atom stereocenters. The van der Waals surface area contributed by atoms with Crippen LogP contribution in [-0.2, 0) is 0 Å². The van der Waals surface area contributed by atoms with E-state index >= 15 is 0 Å². The summed E-state index contributed by atoms with van der Waals surface area (Å²) in [5.41, 5.74) is 10.7. The fraction of sp³-hybridized carbons (Fsp3) is 0.286. The van der Waals surface area contributed by atoms with Gasteiger partial charge in [-0.25, -0.2) is 9.97 Å². The minimum atomic E-state index is 0.258. The second kappa shape index (κ2) is 5.17. The topological polar surface area (TPSA) is 61.0 Å². The van der Waals surface area contributed by atoms with Crippen molar-refractivity contribution in [2.45, 2.75) is 20.8 Å². The molecule has 5 heteroatoms. The first kappa shape index (κ1) is 13.8. The minimum Gasteiger partial charge on any atom is -0.496 e. The van der Waals surface area contributed by atoms with Crippen molar-refractivity contribution in [2.75, 3.05) is 12.8 Å². The summed E-state index contributed by atoms with van der Waals surface area (Å²) in [6.07, 6.45) is 1.65. The van der Waals surface area contributed by atoms with E-state index in [0.29, 0.717) is 0 Å². The average Bonchev–Trinajstić information content (AvgIpc) is 2.40. The molecule has 1 aromatic heterocycles. The fourth-order valence-electron chi connectivity index (χ4n) is 2.16. The van der Waals surface area contributed by atoms with E-state index in [1.54, 1.807) is 13.3 Å². The molecular weight excluding hydrogens is 306 g/mol. The van der Waals surface area contributed by atoms with Crippen LogP contribution in [0.4, 0.5) is 5.95 Å². The van der Waals surface area contributed by atoms with Crippen molar-refractivity contribution in [3.05, 3.63) is 33.4 Å². The van der Waals surface area contributed by atoms with Gasteiger partial charge in [0.15, 0.2) is 0 Å². The predicted molar refractivity (Wildman–Crippen MR) is 80.3 cm³/mol. The van der Waals surface area contributed by atoms with Crippen LogP contribution in [0.1, 0.15) is 16.7 Å². The molecule has 19 heavy (non-hydrogen) atoms. The van der Waals surface area contributed by atoms with Crippen LogP contribution in [0.25, 0.3) is 11.3 Å². The van der Waals surface area contributed by atoms with Crippen molar-refractivity contribution >= 4 is 21.9 Å². The Morgan fingerprint density at radius 1 is 1.16 bits per heavy atom. The number of hydrogen-bond acceptors (Lipinski definition) is 4. The molecule has 1 heterocycles.